The van der Waals surface area contributed by atoms with E-state index in [4.69, 9.17) is 4.74 Å². The molecule has 1 unspecified atom stereocenters. The number of aromatic nitrogens is 6. The van der Waals surface area contributed by atoms with Crippen LogP contribution in [0, 0.1) is 5.82 Å². The van der Waals surface area contributed by atoms with Crippen molar-refractivity contribution in [3.63, 3.8) is 0 Å². The summed E-state index contributed by atoms with van der Waals surface area (Å²) < 4.78 is 78.7. The third-order valence-electron chi connectivity index (χ3n) is 6.71. The summed E-state index contributed by atoms with van der Waals surface area (Å²) >= 11 is 0. The van der Waals surface area contributed by atoms with Crippen molar-refractivity contribution in [1.29, 1.82) is 0 Å². The molecule has 3 aromatic heterocycles. The molecule has 0 bridgehead atoms. The molecule has 14 heteroatoms. The number of hydrogen-bond donors (Lipinski definition) is 1. The topological polar surface area (TPSA) is 85.4 Å². The van der Waals surface area contributed by atoms with Crippen LogP contribution in [-0.2, 0) is 0 Å². The molecule has 4 aromatic rings. The summed E-state index contributed by atoms with van der Waals surface area (Å²) in [6, 6.07) is 3.13. The van der Waals surface area contributed by atoms with Crippen molar-refractivity contribution in [3.8, 4) is 17.0 Å². The van der Waals surface area contributed by atoms with Crippen molar-refractivity contribution >= 4 is 22.5 Å². The van der Waals surface area contributed by atoms with Crippen LogP contribution in [-0.4, -0.2) is 79.6 Å². The first-order chi connectivity index (χ1) is 17.0. The zero-order valence-electron chi connectivity index (χ0n) is 19.2. The molecule has 190 valence electrons. The highest BCUT2D eigenvalue weighted by Crippen LogP contribution is 2.46. The summed E-state index contributed by atoms with van der Waals surface area (Å²) in [5.74, 6) is -6.54. The lowest BCUT2D eigenvalue weighted by Gasteiger charge is -2.34. The number of methoxy groups -OCH3 is 1. The van der Waals surface area contributed by atoms with Crippen molar-refractivity contribution in [2.24, 2.45) is 0 Å². The molecule has 0 radical (unpaired) electrons. The molecule has 2 aliphatic rings. The largest absolute Gasteiger partial charge is 0.479 e. The first-order valence-electron chi connectivity index (χ1n) is 11.2. The highest BCUT2D eigenvalue weighted by molar-refractivity contribution is 5.89. The number of anilines is 1. The van der Waals surface area contributed by atoms with Gasteiger partial charge >= 0.3 is 0 Å². The number of ether oxygens (including phenoxy) is 1. The van der Waals surface area contributed by atoms with Crippen LogP contribution in [0.5, 0.6) is 5.88 Å². The average Bonchev–Trinajstić information content (AvgIpc) is 3.42. The Kier molecular flexibility index (Phi) is 4.91. The number of fused-ring (bicyclic) bond motifs is 2. The summed E-state index contributed by atoms with van der Waals surface area (Å²) in [6.45, 7) is -0.324. The van der Waals surface area contributed by atoms with Crippen molar-refractivity contribution < 1.29 is 26.7 Å². The third kappa shape index (κ3) is 3.62. The molecule has 4 heterocycles. The van der Waals surface area contributed by atoms with Crippen LogP contribution in [0.1, 0.15) is 18.9 Å². The van der Waals surface area contributed by atoms with E-state index >= 15 is 4.39 Å². The predicted octanol–water partition coefficient (Wildman–Crippen LogP) is 3.62. The van der Waals surface area contributed by atoms with Gasteiger partial charge in [0.1, 0.15) is 17.1 Å². The van der Waals surface area contributed by atoms with Crippen LogP contribution in [0.3, 0.4) is 0 Å². The van der Waals surface area contributed by atoms with E-state index in [0.29, 0.717) is 16.6 Å². The van der Waals surface area contributed by atoms with Gasteiger partial charge in [0.05, 0.1) is 37.0 Å². The molecule has 0 spiro atoms. The number of likely N-dealkylation sites (tertiary alicyclic amines) is 1. The van der Waals surface area contributed by atoms with Crippen LogP contribution in [0.4, 0.5) is 27.9 Å². The van der Waals surface area contributed by atoms with Crippen molar-refractivity contribution in [2.75, 3.05) is 32.6 Å². The predicted molar refractivity (Wildman–Crippen MR) is 119 cm³/mol. The van der Waals surface area contributed by atoms with E-state index in [-0.39, 0.29) is 42.3 Å². The number of nitrogens with one attached hydrogen (secondary N) is 1. The summed E-state index contributed by atoms with van der Waals surface area (Å²) in [6.07, 6.45) is 0.421. The van der Waals surface area contributed by atoms with E-state index < -0.39 is 36.3 Å². The fourth-order valence-corrected chi connectivity index (χ4v) is 4.95. The Morgan fingerprint density at radius 1 is 1.17 bits per heavy atom. The van der Waals surface area contributed by atoms with Gasteiger partial charge in [-0.05, 0) is 24.7 Å². The van der Waals surface area contributed by atoms with Crippen molar-refractivity contribution in [1.82, 2.24) is 34.5 Å². The van der Waals surface area contributed by atoms with Gasteiger partial charge in [-0.15, -0.1) is 10.2 Å². The van der Waals surface area contributed by atoms with E-state index in [1.165, 1.54) is 21.2 Å². The minimum absolute atomic E-state index is 0.0218. The highest BCUT2D eigenvalue weighted by atomic mass is 19.3. The molecule has 1 aliphatic heterocycles. The van der Waals surface area contributed by atoms with Gasteiger partial charge in [-0.1, -0.05) is 11.3 Å². The van der Waals surface area contributed by atoms with Crippen LogP contribution >= 0.6 is 0 Å². The smallest absolute Gasteiger partial charge is 0.281 e. The zero-order valence-corrected chi connectivity index (χ0v) is 19.2. The van der Waals surface area contributed by atoms with Gasteiger partial charge < -0.3 is 10.1 Å². The number of alkyl halides is 4. The molecule has 36 heavy (non-hydrogen) atoms. The first kappa shape index (κ1) is 22.9. The molecule has 0 amide bonds. The number of hydrogen-bond acceptors (Lipinski definition) is 7. The molecule has 1 aliphatic carbocycles. The number of rotatable bonds is 5. The second-order valence-electron chi connectivity index (χ2n) is 9.40. The number of benzene rings is 1. The quantitative estimate of drug-likeness (QED) is 0.412. The minimum Gasteiger partial charge on any atom is -0.479 e. The lowest BCUT2D eigenvalue weighted by atomic mass is 9.88. The Bertz CT molecular complexity index is 1480. The summed E-state index contributed by atoms with van der Waals surface area (Å²) in [7, 11) is 2.92. The number of likely N-dealkylation sites (N-methyl/N-ethyl adjacent to an activating group) is 1. The van der Waals surface area contributed by atoms with Crippen LogP contribution in [0.2, 0.25) is 0 Å². The Labute approximate surface area is 200 Å². The van der Waals surface area contributed by atoms with Gasteiger partial charge in [-0.25, -0.2) is 31.1 Å². The van der Waals surface area contributed by atoms with Gasteiger partial charge in [0.25, 0.3) is 11.8 Å². The van der Waals surface area contributed by atoms with E-state index in [1.54, 1.807) is 25.2 Å². The number of nitrogens with zero attached hydrogens (tertiary/aromatic N) is 7. The Morgan fingerprint density at radius 3 is 2.61 bits per heavy atom. The van der Waals surface area contributed by atoms with Crippen molar-refractivity contribution in [3.05, 3.63) is 30.2 Å². The summed E-state index contributed by atoms with van der Waals surface area (Å²) in [5.41, 5.74) is 1.67. The van der Waals surface area contributed by atoms with Gasteiger partial charge in [0.2, 0.25) is 11.8 Å². The van der Waals surface area contributed by atoms with E-state index in [0.717, 1.165) is 6.20 Å². The van der Waals surface area contributed by atoms with Crippen LogP contribution < -0.4 is 10.1 Å². The van der Waals surface area contributed by atoms with Crippen LogP contribution in [0.15, 0.2) is 24.4 Å². The highest BCUT2D eigenvalue weighted by Gasteiger charge is 2.48. The fraction of sp³-hybridized carbons (Fsp3) is 0.455. The lowest BCUT2D eigenvalue weighted by Crippen LogP contribution is -2.38. The Morgan fingerprint density at radius 2 is 1.94 bits per heavy atom. The molecule has 1 saturated heterocycles. The first-order valence-corrected chi connectivity index (χ1v) is 11.2. The van der Waals surface area contributed by atoms with E-state index in [1.807, 2.05) is 0 Å². The molecule has 1 aromatic carbocycles. The lowest BCUT2D eigenvalue weighted by molar-refractivity contribution is -0.106. The monoisotopic (exact) mass is 508 g/mol. The Balaban J connectivity index is 1.41. The third-order valence-corrected chi connectivity index (χ3v) is 6.71. The molecule has 1 atom stereocenters. The van der Waals surface area contributed by atoms with Gasteiger partial charge in [-0.2, -0.15) is 4.98 Å². The van der Waals surface area contributed by atoms with Gasteiger partial charge in [0, 0.05) is 19.4 Å². The fourth-order valence-electron chi connectivity index (χ4n) is 4.95. The zero-order chi connectivity index (χ0) is 25.4. The molecule has 9 nitrogen and oxygen atoms in total. The van der Waals surface area contributed by atoms with Crippen molar-refractivity contribution in [2.45, 2.75) is 36.8 Å². The molecule has 6 rings (SSSR count). The van der Waals surface area contributed by atoms with E-state index in [9.17, 15) is 17.6 Å². The molecular formula is C22H21F5N8O. The van der Waals surface area contributed by atoms with E-state index in [2.05, 4.69) is 25.7 Å². The van der Waals surface area contributed by atoms with Crippen LogP contribution in [0.25, 0.3) is 27.7 Å². The second-order valence-corrected chi connectivity index (χ2v) is 9.40. The van der Waals surface area contributed by atoms with Gasteiger partial charge in [0.15, 0.2) is 5.82 Å². The standard InChI is InChI=1S/C22H21F5N8O/c1-33-9-16(22(26,27)10-33)28-20-29-19(36-2)18-17(13(23)8-34(18)31-20)11-3-4-14-15(5-11)35(32-30-14)12-6-21(24,25)7-12/h3-5,8,12,16H,6-7,9-10H2,1-2H3,(H,28,31). The normalized spacial score (nSPS) is 21.8. The van der Waals surface area contributed by atoms with Gasteiger partial charge in [-0.3, -0.25) is 4.90 Å². The Hall–Kier alpha value is -3.55. The molecular weight excluding hydrogens is 487 g/mol. The average molecular weight is 508 g/mol. The molecule has 1 N–H and O–H groups in total. The second kappa shape index (κ2) is 7.72. The molecule has 2 fully saturated rings. The number of halogens is 5. The maximum atomic E-state index is 15.3. The molecule has 1 saturated carbocycles. The summed E-state index contributed by atoms with van der Waals surface area (Å²) in [5, 5.41) is 14.9. The maximum absolute atomic E-state index is 15.3. The summed E-state index contributed by atoms with van der Waals surface area (Å²) in [4.78, 5) is 5.70. The maximum Gasteiger partial charge on any atom is 0.281 e. The SMILES string of the molecule is COc1nc(NC2CN(C)CC2(F)F)nn2cc(F)c(-c3ccc4nnn(C5CC(F)(F)C5)c4c3)c12. The minimum atomic E-state index is -3.00.